The number of amides is 1. The number of ether oxygens (including phenoxy) is 1. The van der Waals surface area contributed by atoms with Crippen molar-refractivity contribution in [2.75, 3.05) is 5.32 Å². The monoisotopic (exact) mass is 365 g/mol. The summed E-state index contributed by atoms with van der Waals surface area (Å²) in [4.78, 5) is 12.4. The number of rotatable bonds is 5. The number of hydrogen-bond donors (Lipinski definition) is 1. The van der Waals surface area contributed by atoms with Gasteiger partial charge in [-0.25, -0.2) is 0 Å². The van der Waals surface area contributed by atoms with Gasteiger partial charge in [-0.2, -0.15) is 0 Å². The van der Waals surface area contributed by atoms with Crippen LogP contribution in [0.5, 0.6) is 5.75 Å². The van der Waals surface area contributed by atoms with Crippen molar-refractivity contribution in [2.45, 2.75) is 20.5 Å². The molecule has 0 aromatic heterocycles. The van der Waals surface area contributed by atoms with Crippen molar-refractivity contribution in [3.8, 4) is 5.75 Å². The van der Waals surface area contributed by atoms with Crippen LogP contribution in [0.2, 0.25) is 5.02 Å². The van der Waals surface area contributed by atoms with E-state index < -0.39 is 0 Å². The van der Waals surface area contributed by atoms with Gasteiger partial charge in [0.2, 0.25) is 0 Å². The van der Waals surface area contributed by atoms with Crippen LogP contribution in [0.3, 0.4) is 0 Å². The van der Waals surface area contributed by atoms with Gasteiger partial charge in [0.25, 0.3) is 5.91 Å². The van der Waals surface area contributed by atoms with E-state index in [1.54, 1.807) is 18.2 Å². The summed E-state index contributed by atoms with van der Waals surface area (Å²) in [5, 5.41) is 3.49. The Morgan fingerprint density at radius 3 is 2.46 bits per heavy atom. The van der Waals surface area contributed by atoms with Gasteiger partial charge in [0.15, 0.2) is 0 Å². The summed E-state index contributed by atoms with van der Waals surface area (Å²) in [7, 11) is 0. The lowest BCUT2D eigenvalue weighted by Crippen LogP contribution is -2.12. The number of halogens is 1. The van der Waals surface area contributed by atoms with Crippen LogP contribution < -0.4 is 10.1 Å². The average Bonchev–Trinajstić information content (AvgIpc) is 2.63. The van der Waals surface area contributed by atoms with Crippen LogP contribution in [0.4, 0.5) is 5.69 Å². The van der Waals surface area contributed by atoms with E-state index in [-0.39, 0.29) is 5.91 Å². The van der Waals surface area contributed by atoms with Crippen molar-refractivity contribution in [1.29, 1.82) is 0 Å². The van der Waals surface area contributed by atoms with Crippen molar-refractivity contribution >= 4 is 23.2 Å². The molecule has 0 heterocycles. The molecule has 0 aliphatic rings. The van der Waals surface area contributed by atoms with E-state index in [1.165, 1.54) is 0 Å². The Bertz CT molecular complexity index is 920. The Morgan fingerprint density at radius 1 is 1.00 bits per heavy atom. The molecule has 132 valence electrons. The van der Waals surface area contributed by atoms with Crippen molar-refractivity contribution < 1.29 is 9.53 Å². The van der Waals surface area contributed by atoms with Gasteiger partial charge in [0, 0.05) is 16.3 Å². The Labute approximate surface area is 158 Å². The molecule has 0 radical (unpaired) electrons. The fourth-order valence-corrected chi connectivity index (χ4v) is 2.68. The molecule has 4 heteroatoms. The molecule has 1 N–H and O–H groups in total. The normalized spacial score (nSPS) is 10.4. The Balaban J connectivity index is 1.61. The lowest BCUT2D eigenvalue weighted by Gasteiger charge is -2.09. The van der Waals surface area contributed by atoms with Crippen LogP contribution in [0.15, 0.2) is 66.7 Å². The molecule has 0 aliphatic heterocycles. The third-order valence-electron chi connectivity index (χ3n) is 4.04. The van der Waals surface area contributed by atoms with E-state index in [2.05, 4.69) is 5.32 Å². The summed E-state index contributed by atoms with van der Waals surface area (Å²) < 4.78 is 5.78. The summed E-state index contributed by atoms with van der Waals surface area (Å²) >= 11 is 6.09. The van der Waals surface area contributed by atoms with Gasteiger partial charge in [-0.3, -0.25) is 4.79 Å². The molecule has 3 rings (SSSR count). The highest BCUT2D eigenvalue weighted by molar-refractivity contribution is 6.31. The number of hydrogen-bond acceptors (Lipinski definition) is 2. The van der Waals surface area contributed by atoms with Crippen LogP contribution >= 0.6 is 11.6 Å². The minimum atomic E-state index is -0.170. The maximum Gasteiger partial charge on any atom is 0.255 e. The van der Waals surface area contributed by atoms with Gasteiger partial charge in [-0.15, -0.1) is 0 Å². The van der Waals surface area contributed by atoms with Gasteiger partial charge >= 0.3 is 0 Å². The zero-order valence-electron chi connectivity index (χ0n) is 14.8. The second kappa shape index (κ2) is 8.07. The van der Waals surface area contributed by atoms with Gasteiger partial charge in [-0.1, -0.05) is 41.9 Å². The molecule has 0 fully saturated rings. The van der Waals surface area contributed by atoms with Crippen molar-refractivity contribution in [3.63, 3.8) is 0 Å². The molecular formula is C22H20ClNO2. The van der Waals surface area contributed by atoms with Crippen LogP contribution in [-0.2, 0) is 6.61 Å². The average molecular weight is 366 g/mol. The number of carbonyl (C=O) groups excluding carboxylic acids is 1. The molecule has 0 saturated carbocycles. The highest BCUT2D eigenvalue weighted by Gasteiger charge is 2.07. The van der Waals surface area contributed by atoms with E-state index in [1.807, 2.05) is 62.4 Å². The molecule has 0 spiro atoms. The van der Waals surface area contributed by atoms with E-state index in [0.717, 1.165) is 22.4 Å². The van der Waals surface area contributed by atoms with Crippen LogP contribution in [-0.4, -0.2) is 5.91 Å². The van der Waals surface area contributed by atoms with Crippen LogP contribution in [0, 0.1) is 13.8 Å². The van der Waals surface area contributed by atoms with E-state index in [0.29, 0.717) is 22.9 Å². The topological polar surface area (TPSA) is 38.3 Å². The van der Waals surface area contributed by atoms with Crippen molar-refractivity contribution in [2.24, 2.45) is 0 Å². The van der Waals surface area contributed by atoms with Gasteiger partial charge < -0.3 is 10.1 Å². The quantitative estimate of drug-likeness (QED) is 0.621. The van der Waals surface area contributed by atoms with Gasteiger partial charge in [0.1, 0.15) is 12.4 Å². The molecule has 3 aromatic rings. The predicted molar refractivity (Wildman–Crippen MR) is 106 cm³/mol. The largest absolute Gasteiger partial charge is 0.489 e. The zero-order chi connectivity index (χ0) is 18.5. The summed E-state index contributed by atoms with van der Waals surface area (Å²) in [6, 6.07) is 20.8. The minimum Gasteiger partial charge on any atom is -0.489 e. The second-order valence-corrected chi connectivity index (χ2v) is 6.63. The molecule has 3 nitrogen and oxygen atoms in total. The van der Waals surface area contributed by atoms with Gasteiger partial charge in [-0.05, 0) is 66.9 Å². The van der Waals surface area contributed by atoms with Crippen LogP contribution in [0.1, 0.15) is 27.0 Å². The molecule has 0 unspecified atom stereocenters. The smallest absolute Gasteiger partial charge is 0.255 e. The third-order valence-corrected chi connectivity index (χ3v) is 4.45. The highest BCUT2D eigenvalue weighted by atomic mass is 35.5. The number of benzene rings is 3. The molecule has 0 saturated heterocycles. The van der Waals surface area contributed by atoms with Crippen LogP contribution in [0.25, 0.3) is 0 Å². The Morgan fingerprint density at radius 2 is 1.77 bits per heavy atom. The molecule has 26 heavy (non-hydrogen) atoms. The van der Waals surface area contributed by atoms with E-state index >= 15 is 0 Å². The standard InChI is InChI=1S/C22H20ClNO2/c1-15-4-3-5-20(12-15)26-14-17-7-9-18(10-8-17)22(25)24-19-11-6-16(2)21(23)13-19/h3-13H,14H2,1-2H3,(H,24,25). The zero-order valence-corrected chi connectivity index (χ0v) is 15.5. The molecule has 1 amide bonds. The number of nitrogens with one attached hydrogen (secondary N) is 1. The Kier molecular flexibility index (Phi) is 5.59. The maximum atomic E-state index is 12.4. The predicted octanol–water partition coefficient (Wildman–Crippen LogP) is 5.79. The fourth-order valence-electron chi connectivity index (χ4n) is 2.50. The molecular weight excluding hydrogens is 346 g/mol. The number of carbonyl (C=O) groups is 1. The molecule has 0 atom stereocenters. The SMILES string of the molecule is Cc1cccc(OCc2ccc(C(=O)Nc3ccc(C)c(Cl)c3)cc2)c1. The van der Waals surface area contributed by atoms with Gasteiger partial charge in [0.05, 0.1) is 0 Å². The fraction of sp³-hybridized carbons (Fsp3) is 0.136. The first kappa shape index (κ1) is 18.0. The molecule has 3 aromatic carbocycles. The van der Waals surface area contributed by atoms with E-state index in [4.69, 9.17) is 16.3 Å². The van der Waals surface area contributed by atoms with Crippen molar-refractivity contribution in [1.82, 2.24) is 0 Å². The summed E-state index contributed by atoms with van der Waals surface area (Å²) in [6.07, 6.45) is 0. The number of anilines is 1. The molecule has 0 aliphatic carbocycles. The lowest BCUT2D eigenvalue weighted by atomic mass is 10.1. The summed E-state index contributed by atoms with van der Waals surface area (Å²) in [5.41, 5.74) is 4.40. The molecule has 0 bridgehead atoms. The first-order valence-corrected chi connectivity index (χ1v) is 8.75. The first-order valence-electron chi connectivity index (χ1n) is 8.37. The van der Waals surface area contributed by atoms with E-state index in [9.17, 15) is 4.79 Å². The van der Waals surface area contributed by atoms with Crippen molar-refractivity contribution in [3.05, 3.63) is 94.0 Å². The second-order valence-electron chi connectivity index (χ2n) is 6.22. The highest BCUT2D eigenvalue weighted by Crippen LogP contribution is 2.21. The third kappa shape index (κ3) is 4.64. The maximum absolute atomic E-state index is 12.4. The lowest BCUT2D eigenvalue weighted by molar-refractivity contribution is 0.102. The minimum absolute atomic E-state index is 0.170. The Hall–Kier alpha value is -2.78. The number of aryl methyl sites for hydroxylation is 2. The summed E-state index contributed by atoms with van der Waals surface area (Å²) in [5.74, 6) is 0.666. The first-order chi connectivity index (χ1) is 12.5. The summed E-state index contributed by atoms with van der Waals surface area (Å²) in [6.45, 7) is 4.41.